The summed E-state index contributed by atoms with van der Waals surface area (Å²) in [7, 11) is 0. The van der Waals surface area contributed by atoms with Crippen molar-refractivity contribution in [1.29, 1.82) is 0 Å². The van der Waals surface area contributed by atoms with Crippen molar-refractivity contribution >= 4 is 23.0 Å². The van der Waals surface area contributed by atoms with Crippen LogP contribution in [0, 0.1) is 6.92 Å². The predicted octanol–water partition coefficient (Wildman–Crippen LogP) is 3.12. The minimum absolute atomic E-state index is 0.0623. The van der Waals surface area contributed by atoms with Gasteiger partial charge in [0, 0.05) is 5.69 Å². The Bertz CT molecular complexity index is 658. The standard InChI is InChI=1S/C17H18N2O2S/c1-12-6-8-13(9-7-12)19-17(22)18-10-14-11-20-15-4-2-3-5-16(15)21-14/h2-9,14H,10-11H2,1H3,(H2,18,19,22). The minimum atomic E-state index is -0.0623. The maximum Gasteiger partial charge on any atom is 0.170 e. The fourth-order valence-corrected chi connectivity index (χ4v) is 2.38. The molecule has 2 aromatic carbocycles. The summed E-state index contributed by atoms with van der Waals surface area (Å²) in [5.74, 6) is 1.57. The molecular formula is C17H18N2O2S. The van der Waals surface area contributed by atoms with E-state index >= 15 is 0 Å². The molecule has 5 heteroatoms. The first kappa shape index (κ1) is 14.7. The number of benzene rings is 2. The highest BCUT2D eigenvalue weighted by Gasteiger charge is 2.20. The molecule has 1 unspecified atom stereocenters. The summed E-state index contributed by atoms with van der Waals surface area (Å²) in [5, 5.41) is 6.89. The average Bonchev–Trinajstić information content (AvgIpc) is 2.55. The molecule has 0 fully saturated rings. The third-order valence-corrected chi connectivity index (χ3v) is 3.61. The third-order valence-electron chi connectivity index (χ3n) is 3.37. The Morgan fingerprint density at radius 1 is 1.14 bits per heavy atom. The summed E-state index contributed by atoms with van der Waals surface area (Å²) in [6.45, 7) is 3.15. The van der Waals surface area contributed by atoms with E-state index in [1.54, 1.807) is 0 Å². The number of anilines is 1. The van der Waals surface area contributed by atoms with Gasteiger partial charge in [-0.15, -0.1) is 0 Å². The Balaban J connectivity index is 1.49. The summed E-state index contributed by atoms with van der Waals surface area (Å²) in [4.78, 5) is 0. The van der Waals surface area contributed by atoms with Gasteiger partial charge in [0.1, 0.15) is 12.7 Å². The van der Waals surface area contributed by atoms with Gasteiger partial charge in [-0.25, -0.2) is 0 Å². The van der Waals surface area contributed by atoms with Crippen LogP contribution in [0.5, 0.6) is 11.5 Å². The molecule has 0 saturated carbocycles. The highest BCUT2D eigenvalue weighted by atomic mass is 32.1. The molecule has 1 atom stereocenters. The molecule has 4 nitrogen and oxygen atoms in total. The molecule has 0 radical (unpaired) electrons. The highest BCUT2D eigenvalue weighted by molar-refractivity contribution is 7.80. The zero-order valence-corrected chi connectivity index (χ0v) is 13.2. The lowest BCUT2D eigenvalue weighted by atomic mass is 10.2. The second-order valence-corrected chi connectivity index (χ2v) is 5.61. The smallest absolute Gasteiger partial charge is 0.170 e. The summed E-state index contributed by atoms with van der Waals surface area (Å²) >= 11 is 5.30. The van der Waals surface area contributed by atoms with E-state index in [4.69, 9.17) is 21.7 Å². The van der Waals surface area contributed by atoms with Crippen molar-refractivity contribution in [1.82, 2.24) is 5.32 Å². The number of ether oxygens (including phenoxy) is 2. The number of thiocarbonyl (C=S) groups is 1. The van der Waals surface area contributed by atoms with Crippen molar-refractivity contribution < 1.29 is 9.47 Å². The molecule has 2 N–H and O–H groups in total. The van der Waals surface area contributed by atoms with Crippen molar-refractivity contribution in [3.05, 3.63) is 54.1 Å². The summed E-state index contributed by atoms with van der Waals surface area (Å²) < 4.78 is 11.5. The Kier molecular flexibility index (Phi) is 4.44. The van der Waals surface area contributed by atoms with E-state index in [1.165, 1.54) is 5.56 Å². The highest BCUT2D eigenvalue weighted by Crippen LogP contribution is 2.30. The predicted molar refractivity (Wildman–Crippen MR) is 91.8 cm³/mol. The average molecular weight is 314 g/mol. The molecule has 1 aliphatic heterocycles. The SMILES string of the molecule is Cc1ccc(NC(=S)NCC2COc3ccccc3O2)cc1. The first-order chi connectivity index (χ1) is 10.7. The largest absolute Gasteiger partial charge is 0.486 e. The second-order valence-electron chi connectivity index (χ2n) is 5.20. The molecule has 0 saturated heterocycles. The molecule has 114 valence electrons. The minimum Gasteiger partial charge on any atom is -0.486 e. The molecule has 0 amide bonds. The van der Waals surface area contributed by atoms with Crippen molar-refractivity contribution in [2.75, 3.05) is 18.5 Å². The Morgan fingerprint density at radius 2 is 1.86 bits per heavy atom. The fraction of sp³-hybridized carbons (Fsp3) is 0.235. The normalized spacial score (nSPS) is 16.0. The molecular weight excluding hydrogens is 296 g/mol. The molecule has 2 aromatic rings. The van der Waals surface area contributed by atoms with E-state index in [1.807, 2.05) is 48.5 Å². The second kappa shape index (κ2) is 6.66. The molecule has 3 rings (SSSR count). The lowest BCUT2D eigenvalue weighted by Gasteiger charge is -2.27. The zero-order valence-electron chi connectivity index (χ0n) is 12.3. The Labute approximate surface area is 135 Å². The lowest BCUT2D eigenvalue weighted by molar-refractivity contribution is 0.0939. The molecule has 22 heavy (non-hydrogen) atoms. The van der Waals surface area contributed by atoms with Gasteiger partial charge in [0.15, 0.2) is 16.6 Å². The number of rotatable bonds is 3. The van der Waals surface area contributed by atoms with Crippen LogP contribution in [0.3, 0.4) is 0 Å². The fourth-order valence-electron chi connectivity index (χ4n) is 2.18. The summed E-state index contributed by atoms with van der Waals surface area (Å²) in [5.41, 5.74) is 2.19. The van der Waals surface area contributed by atoms with Gasteiger partial charge >= 0.3 is 0 Å². The van der Waals surface area contributed by atoms with Crippen LogP contribution in [0.2, 0.25) is 0 Å². The summed E-state index contributed by atoms with van der Waals surface area (Å²) in [6.07, 6.45) is -0.0623. The number of hydrogen-bond donors (Lipinski definition) is 2. The van der Waals surface area contributed by atoms with Crippen LogP contribution in [-0.2, 0) is 0 Å². The van der Waals surface area contributed by atoms with E-state index in [2.05, 4.69) is 17.6 Å². The van der Waals surface area contributed by atoms with Gasteiger partial charge in [-0.3, -0.25) is 0 Å². The molecule has 1 aliphatic rings. The molecule has 0 aromatic heterocycles. The Hall–Kier alpha value is -2.27. The molecule has 0 spiro atoms. The molecule has 0 bridgehead atoms. The van der Waals surface area contributed by atoms with E-state index in [-0.39, 0.29) is 6.10 Å². The van der Waals surface area contributed by atoms with Gasteiger partial charge in [-0.2, -0.15) is 0 Å². The van der Waals surface area contributed by atoms with Crippen LogP contribution < -0.4 is 20.1 Å². The van der Waals surface area contributed by atoms with E-state index in [9.17, 15) is 0 Å². The number of para-hydroxylation sites is 2. The van der Waals surface area contributed by atoms with E-state index in [0.29, 0.717) is 18.3 Å². The first-order valence-corrected chi connectivity index (χ1v) is 7.61. The monoisotopic (exact) mass is 314 g/mol. The van der Waals surface area contributed by atoms with Gasteiger partial charge in [-0.1, -0.05) is 29.8 Å². The van der Waals surface area contributed by atoms with Crippen LogP contribution in [0.25, 0.3) is 0 Å². The van der Waals surface area contributed by atoms with Crippen molar-refractivity contribution in [3.8, 4) is 11.5 Å². The maximum atomic E-state index is 5.87. The third kappa shape index (κ3) is 3.68. The van der Waals surface area contributed by atoms with Gasteiger partial charge in [0.25, 0.3) is 0 Å². The van der Waals surface area contributed by atoms with Crippen LogP contribution in [0.1, 0.15) is 5.56 Å². The Morgan fingerprint density at radius 3 is 2.64 bits per heavy atom. The molecule has 0 aliphatic carbocycles. The quantitative estimate of drug-likeness (QED) is 0.852. The number of aryl methyl sites for hydroxylation is 1. The molecule has 1 heterocycles. The van der Waals surface area contributed by atoms with Gasteiger partial charge in [0.05, 0.1) is 6.54 Å². The van der Waals surface area contributed by atoms with E-state index < -0.39 is 0 Å². The number of hydrogen-bond acceptors (Lipinski definition) is 3. The van der Waals surface area contributed by atoms with E-state index in [0.717, 1.165) is 17.2 Å². The van der Waals surface area contributed by atoms with Crippen molar-refractivity contribution in [2.45, 2.75) is 13.0 Å². The van der Waals surface area contributed by atoms with Crippen LogP contribution in [-0.4, -0.2) is 24.4 Å². The van der Waals surface area contributed by atoms with Gasteiger partial charge in [0.2, 0.25) is 0 Å². The number of nitrogens with one attached hydrogen (secondary N) is 2. The van der Waals surface area contributed by atoms with Crippen molar-refractivity contribution in [3.63, 3.8) is 0 Å². The lowest BCUT2D eigenvalue weighted by Crippen LogP contribution is -2.42. The number of fused-ring (bicyclic) bond motifs is 1. The van der Waals surface area contributed by atoms with Gasteiger partial charge < -0.3 is 20.1 Å². The van der Waals surface area contributed by atoms with Crippen LogP contribution >= 0.6 is 12.2 Å². The zero-order chi connectivity index (χ0) is 15.4. The first-order valence-electron chi connectivity index (χ1n) is 7.21. The summed E-state index contributed by atoms with van der Waals surface area (Å²) in [6, 6.07) is 15.8. The van der Waals surface area contributed by atoms with Crippen LogP contribution in [0.15, 0.2) is 48.5 Å². The van der Waals surface area contributed by atoms with Crippen LogP contribution in [0.4, 0.5) is 5.69 Å². The topological polar surface area (TPSA) is 42.5 Å². The maximum absolute atomic E-state index is 5.87. The van der Waals surface area contributed by atoms with Gasteiger partial charge in [-0.05, 0) is 43.4 Å². The van der Waals surface area contributed by atoms with Crippen molar-refractivity contribution in [2.24, 2.45) is 0 Å².